The Kier molecular flexibility index (Phi) is 5.06. The standard InChI is InChI=1S/C21H23N3O4/c1-15-3-2-4-17(11-15)23-7-9-24(10-8-23)20(25)13-22-21(26)16-5-6-18-19(12-16)28-14-27-18/h2-6,11-12H,7-10,13-14H2,1H3,(H,22,26). The van der Waals surface area contributed by atoms with E-state index in [0.717, 1.165) is 13.1 Å². The van der Waals surface area contributed by atoms with Crippen molar-refractivity contribution in [3.05, 3.63) is 53.6 Å². The number of aryl methyl sites for hydroxylation is 1. The predicted octanol–water partition coefficient (Wildman–Crippen LogP) is 1.80. The van der Waals surface area contributed by atoms with Crippen molar-refractivity contribution in [2.45, 2.75) is 6.92 Å². The van der Waals surface area contributed by atoms with Gasteiger partial charge in [0.25, 0.3) is 5.91 Å². The van der Waals surface area contributed by atoms with Crippen LogP contribution in [0.5, 0.6) is 11.5 Å². The minimum Gasteiger partial charge on any atom is -0.454 e. The van der Waals surface area contributed by atoms with E-state index in [0.29, 0.717) is 30.2 Å². The molecule has 7 heteroatoms. The monoisotopic (exact) mass is 381 g/mol. The van der Waals surface area contributed by atoms with Crippen molar-refractivity contribution in [3.63, 3.8) is 0 Å². The summed E-state index contributed by atoms with van der Waals surface area (Å²) in [6, 6.07) is 13.4. The maximum Gasteiger partial charge on any atom is 0.251 e. The maximum atomic E-state index is 12.5. The van der Waals surface area contributed by atoms with Gasteiger partial charge < -0.3 is 24.6 Å². The zero-order chi connectivity index (χ0) is 19.5. The van der Waals surface area contributed by atoms with Crippen molar-refractivity contribution in [3.8, 4) is 11.5 Å². The quantitative estimate of drug-likeness (QED) is 0.875. The summed E-state index contributed by atoms with van der Waals surface area (Å²) in [6.45, 7) is 5.08. The van der Waals surface area contributed by atoms with Gasteiger partial charge in [0.15, 0.2) is 11.5 Å². The van der Waals surface area contributed by atoms with Gasteiger partial charge in [-0.15, -0.1) is 0 Å². The molecule has 0 aliphatic carbocycles. The second kappa shape index (κ2) is 7.80. The Morgan fingerprint density at radius 2 is 1.79 bits per heavy atom. The molecule has 4 rings (SSSR count). The van der Waals surface area contributed by atoms with Gasteiger partial charge in [0.05, 0.1) is 6.54 Å². The van der Waals surface area contributed by atoms with Crippen LogP contribution in [0.15, 0.2) is 42.5 Å². The van der Waals surface area contributed by atoms with Crippen molar-refractivity contribution in [2.75, 3.05) is 44.4 Å². The first kappa shape index (κ1) is 18.2. The van der Waals surface area contributed by atoms with E-state index in [4.69, 9.17) is 9.47 Å². The van der Waals surface area contributed by atoms with Crippen LogP contribution < -0.4 is 19.7 Å². The number of ether oxygens (including phenoxy) is 2. The van der Waals surface area contributed by atoms with Gasteiger partial charge in [-0.1, -0.05) is 12.1 Å². The molecular weight excluding hydrogens is 358 g/mol. The Hall–Kier alpha value is -3.22. The molecule has 0 spiro atoms. The molecule has 28 heavy (non-hydrogen) atoms. The molecule has 0 radical (unpaired) electrons. The largest absolute Gasteiger partial charge is 0.454 e. The van der Waals surface area contributed by atoms with Crippen LogP contribution in [0.3, 0.4) is 0 Å². The molecule has 2 aliphatic rings. The topological polar surface area (TPSA) is 71.1 Å². The number of nitrogens with one attached hydrogen (secondary N) is 1. The average Bonchev–Trinajstić information content (AvgIpc) is 3.20. The molecule has 0 bridgehead atoms. The van der Waals surface area contributed by atoms with Gasteiger partial charge in [-0.05, 0) is 42.8 Å². The maximum absolute atomic E-state index is 12.5. The summed E-state index contributed by atoms with van der Waals surface area (Å²) in [6.07, 6.45) is 0. The number of hydrogen-bond acceptors (Lipinski definition) is 5. The molecule has 0 aromatic heterocycles. The molecule has 0 unspecified atom stereocenters. The van der Waals surface area contributed by atoms with Gasteiger partial charge >= 0.3 is 0 Å². The summed E-state index contributed by atoms with van der Waals surface area (Å²) in [7, 11) is 0. The van der Waals surface area contributed by atoms with Crippen molar-refractivity contribution < 1.29 is 19.1 Å². The van der Waals surface area contributed by atoms with E-state index in [9.17, 15) is 9.59 Å². The van der Waals surface area contributed by atoms with Crippen molar-refractivity contribution in [2.24, 2.45) is 0 Å². The summed E-state index contributed by atoms with van der Waals surface area (Å²) in [5.74, 6) is 0.799. The van der Waals surface area contributed by atoms with Gasteiger partial charge in [-0.2, -0.15) is 0 Å². The highest BCUT2D eigenvalue weighted by molar-refractivity contribution is 5.97. The molecule has 2 aromatic rings. The van der Waals surface area contributed by atoms with E-state index < -0.39 is 0 Å². The predicted molar refractivity (Wildman–Crippen MR) is 105 cm³/mol. The minimum atomic E-state index is -0.301. The fourth-order valence-electron chi connectivity index (χ4n) is 3.45. The third-order valence-corrected chi connectivity index (χ3v) is 5.03. The second-order valence-corrected chi connectivity index (χ2v) is 6.96. The zero-order valence-corrected chi connectivity index (χ0v) is 15.8. The van der Waals surface area contributed by atoms with Gasteiger partial charge in [0, 0.05) is 37.4 Å². The van der Waals surface area contributed by atoms with Crippen LogP contribution in [-0.2, 0) is 4.79 Å². The lowest BCUT2D eigenvalue weighted by Gasteiger charge is -2.36. The van der Waals surface area contributed by atoms with E-state index in [1.54, 1.807) is 23.1 Å². The molecule has 7 nitrogen and oxygen atoms in total. The SMILES string of the molecule is Cc1cccc(N2CCN(C(=O)CNC(=O)c3ccc4c(c3)OCO4)CC2)c1. The van der Waals surface area contributed by atoms with E-state index >= 15 is 0 Å². The summed E-state index contributed by atoms with van der Waals surface area (Å²) >= 11 is 0. The Labute approximate surface area is 163 Å². The number of amides is 2. The van der Waals surface area contributed by atoms with E-state index in [1.165, 1.54) is 11.3 Å². The Morgan fingerprint density at radius 1 is 1.00 bits per heavy atom. The molecule has 2 amide bonds. The van der Waals surface area contributed by atoms with Crippen LogP contribution in [0, 0.1) is 6.92 Å². The van der Waals surface area contributed by atoms with Crippen LogP contribution in [0.2, 0.25) is 0 Å². The Balaban J connectivity index is 1.27. The zero-order valence-electron chi connectivity index (χ0n) is 15.8. The number of fused-ring (bicyclic) bond motifs is 1. The summed E-state index contributed by atoms with van der Waals surface area (Å²) in [5, 5.41) is 2.70. The number of benzene rings is 2. The first-order chi connectivity index (χ1) is 13.6. The van der Waals surface area contributed by atoms with Crippen molar-refractivity contribution in [1.82, 2.24) is 10.2 Å². The second-order valence-electron chi connectivity index (χ2n) is 6.96. The van der Waals surface area contributed by atoms with Gasteiger partial charge in [0.2, 0.25) is 12.7 Å². The minimum absolute atomic E-state index is 0.0162. The molecule has 2 aromatic carbocycles. The van der Waals surface area contributed by atoms with Crippen LogP contribution in [-0.4, -0.2) is 56.2 Å². The van der Waals surface area contributed by atoms with Gasteiger partial charge in [-0.25, -0.2) is 0 Å². The number of anilines is 1. The highest BCUT2D eigenvalue weighted by Crippen LogP contribution is 2.32. The number of carbonyl (C=O) groups excluding carboxylic acids is 2. The normalized spacial score (nSPS) is 15.5. The highest BCUT2D eigenvalue weighted by Gasteiger charge is 2.22. The Bertz CT molecular complexity index is 891. The van der Waals surface area contributed by atoms with E-state index in [2.05, 4.69) is 35.3 Å². The van der Waals surface area contributed by atoms with Gasteiger partial charge in [-0.3, -0.25) is 9.59 Å². The van der Waals surface area contributed by atoms with Gasteiger partial charge in [0.1, 0.15) is 0 Å². The summed E-state index contributed by atoms with van der Waals surface area (Å²) < 4.78 is 10.5. The first-order valence-corrected chi connectivity index (χ1v) is 9.37. The number of carbonyl (C=O) groups is 2. The lowest BCUT2D eigenvalue weighted by atomic mass is 10.2. The van der Waals surface area contributed by atoms with Crippen LogP contribution in [0.1, 0.15) is 15.9 Å². The third-order valence-electron chi connectivity index (χ3n) is 5.03. The van der Waals surface area contributed by atoms with Crippen LogP contribution in [0.4, 0.5) is 5.69 Å². The Morgan fingerprint density at radius 3 is 2.57 bits per heavy atom. The average molecular weight is 381 g/mol. The molecule has 1 saturated heterocycles. The van der Waals surface area contributed by atoms with E-state index in [-0.39, 0.29) is 25.2 Å². The summed E-state index contributed by atoms with van der Waals surface area (Å²) in [5.41, 5.74) is 2.85. The lowest BCUT2D eigenvalue weighted by molar-refractivity contribution is -0.130. The molecule has 2 heterocycles. The molecule has 1 N–H and O–H groups in total. The molecule has 0 atom stereocenters. The molecular formula is C21H23N3O4. The number of hydrogen-bond donors (Lipinski definition) is 1. The highest BCUT2D eigenvalue weighted by atomic mass is 16.7. The smallest absolute Gasteiger partial charge is 0.251 e. The molecule has 1 fully saturated rings. The van der Waals surface area contributed by atoms with Crippen LogP contribution >= 0.6 is 0 Å². The molecule has 146 valence electrons. The molecule has 0 saturated carbocycles. The van der Waals surface area contributed by atoms with Crippen molar-refractivity contribution >= 4 is 17.5 Å². The summed E-state index contributed by atoms with van der Waals surface area (Å²) in [4.78, 5) is 28.9. The first-order valence-electron chi connectivity index (χ1n) is 9.37. The number of rotatable bonds is 4. The number of nitrogens with zero attached hydrogens (tertiary/aromatic N) is 2. The lowest BCUT2D eigenvalue weighted by Crippen LogP contribution is -2.51. The van der Waals surface area contributed by atoms with Crippen molar-refractivity contribution in [1.29, 1.82) is 0 Å². The fourth-order valence-corrected chi connectivity index (χ4v) is 3.45. The number of piperazine rings is 1. The van der Waals surface area contributed by atoms with E-state index in [1.807, 2.05) is 6.07 Å². The fraction of sp³-hybridized carbons (Fsp3) is 0.333. The van der Waals surface area contributed by atoms with Crippen LogP contribution in [0.25, 0.3) is 0 Å². The molecule has 2 aliphatic heterocycles. The third kappa shape index (κ3) is 3.88.